The highest BCUT2D eigenvalue weighted by molar-refractivity contribution is 5.85. The fourth-order valence-electron chi connectivity index (χ4n) is 8.08. The zero-order valence-electron chi connectivity index (χ0n) is 25.2. The topological polar surface area (TPSA) is 101 Å². The lowest BCUT2D eigenvalue weighted by Gasteiger charge is -2.57. The standard InChI is InChI=1S/C34H37N7O3/c1-42-29-11-34(12-29)9-23(10-34)21-44-28-8-30(33-25(13-35)16-38-41(33)20-28)24-4-5-31(36-15-24)39-18-26-7-27(19-39)40(26)17-22-3-6-32(43-2)37-14-22/h3-6,8,14-16,20,23,26-27,29H,7,9-12,17-19,21H2,1-2H3. The number of hydrogen-bond acceptors (Lipinski definition) is 9. The van der Waals surface area contributed by atoms with Crippen molar-refractivity contribution in [3.63, 3.8) is 0 Å². The molecule has 44 heavy (non-hydrogen) atoms. The highest BCUT2D eigenvalue weighted by Crippen LogP contribution is 2.59. The SMILES string of the molecule is COc1ccc(CN2C3CC2CN(c2ccc(-c4cc(OCC5CC6(C5)CC(OC)C6)cn5ncc(C#N)c45)cn2)C3)cn1. The van der Waals surface area contributed by atoms with Crippen LogP contribution in [0.3, 0.4) is 0 Å². The lowest BCUT2D eigenvalue weighted by Crippen LogP contribution is -2.68. The van der Waals surface area contributed by atoms with E-state index in [0.29, 0.717) is 47.6 Å². The first kappa shape index (κ1) is 27.4. The molecule has 2 aliphatic carbocycles. The average Bonchev–Trinajstić information content (AvgIpc) is 3.45. The minimum Gasteiger partial charge on any atom is -0.492 e. The number of nitriles is 1. The summed E-state index contributed by atoms with van der Waals surface area (Å²) in [5, 5.41) is 14.3. The van der Waals surface area contributed by atoms with Crippen LogP contribution in [0, 0.1) is 22.7 Å². The van der Waals surface area contributed by atoms with E-state index < -0.39 is 0 Å². The van der Waals surface area contributed by atoms with Crippen molar-refractivity contribution in [3.05, 3.63) is 66.2 Å². The molecule has 7 heterocycles. The summed E-state index contributed by atoms with van der Waals surface area (Å²) >= 11 is 0. The van der Waals surface area contributed by atoms with Crippen molar-refractivity contribution in [2.75, 3.05) is 38.8 Å². The van der Waals surface area contributed by atoms with E-state index in [2.05, 4.69) is 44.2 Å². The van der Waals surface area contributed by atoms with Crippen LogP contribution in [0.2, 0.25) is 0 Å². The Bertz CT molecular complexity index is 1690. The molecular formula is C34H37N7O3. The smallest absolute Gasteiger partial charge is 0.212 e. The van der Waals surface area contributed by atoms with Crippen LogP contribution in [-0.4, -0.2) is 76.6 Å². The fourth-order valence-corrected chi connectivity index (χ4v) is 8.08. The number of aromatic nitrogens is 4. The second-order valence-electron chi connectivity index (χ2n) is 13.1. The summed E-state index contributed by atoms with van der Waals surface area (Å²) in [4.78, 5) is 14.2. The number of rotatable bonds is 9. The van der Waals surface area contributed by atoms with Crippen molar-refractivity contribution in [1.29, 1.82) is 5.26 Å². The summed E-state index contributed by atoms with van der Waals surface area (Å²) in [7, 11) is 3.45. The molecule has 4 aromatic heterocycles. The second kappa shape index (κ2) is 10.8. The molecule has 10 nitrogen and oxygen atoms in total. The Morgan fingerprint density at radius 3 is 2.52 bits per heavy atom. The molecule has 226 valence electrons. The van der Waals surface area contributed by atoms with Gasteiger partial charge in [0.2, 0.25) is 5.88 Å². The Morgan fingerprint density at radius 2 is 1.84 bits per heavy atom. The van der Waals surface area contributed by atoms with E-state index in [1.165, 1.54) is 37.7 Å². The van der Waals surface area contributed by atoms with Crippen LogP contribution in [-0.2, 0) is 11.3 Å². The first-order chi connectivity index (χ1) is 21.5. The molecule has 2 unspecified atom stereocenters. The van der Waals surface area contributed by atoms with Crippen molar-refractivity contribution < 1.29 is 14.2 Å². The van der Waals surface area contributed by atoms with Gasteiger partial charge in [0.15, 0.2) is 0 Å². The van der Waals surface area contributed by atoms with Gasteiger partial charge in [0, 0.05) is 68.4 Å². The zero-order valence-corrected chi connectivity index (χ0v) is 25.2. The van der Waals surface area contributed by atoms with Crippen LogP contribution >= 0.6 is 0 Å². The number of hydrogen-bond donors (Lipinski definition) is 0. The number of piperidine rings is 1. The Balaban J connectivity index is 0.949. The molecule has 0 radical (unpaired) electrons. The molecule has 3 saturated heterocycles. The lowest BCUT2D eigenvalue weighted by molar-refractivity contribution is -0.131. The number of piperazine rings is 1. The molecule has 5 aliphatic rings. The summed E-state index contributed by atoms with van der Waals surface area (Å²) in [5.74, 6) is 2.96. The van der Waals surface area contributed by atoms with Gasteiger partial charge in [-0.1, -0.05) is 6.07 Å². The third-order valence-electron chi connectivity index (χ3n) is 10.4. The Hall–Kier alpha value is -4.20. The second-order valence-corrected chi connectivity index (χ2v) is 13.1. The molecule has 2 bridgehead atoms. The zero-order chi connectivity index (χ0) is 29.8. The summed E-state index contributed by atoms with van der Waals surface area (Å²) in [6.07, 6.45) is 13.8. The molecule has 9 rings (SSSR count). The van der Waals surface area contributed by atoms with Crippen LogP contribution in [0.4, 0.5) is 5.82 Å². The normalized spacial score (nSPS) is 27.3. The predicted molar refractivity (Wildman–Crippen MR) is 165 cm³/mol. The van der Waals surface area contributed by atoms with E-state index >= 15 is 0 Å². The van der Waals surface area contributed by atoms with Crippen LogP contribution in [0.15, 0.2) is 55.1 Å². The van der Waals surface area contributed by atoms with Gasteiger partial charge in [0.25, 0.3) is 0 Å². The van der Waals surface area contributed by atoms with Crippen molar-refractivity contribution in [1.82, 2.24) is 24.5 Å². The third kappa shape index (κ3) is 4.75. The summed E-state index contributed by atoms with van der Waals surface area (Å²) in [6.45, 7) is 3.51. The van der Waals surface area contributed by atoms with Crippen molar-refractivity contribution in [2.45, 2.75) is 56.8 Å². The van der Waals surface area contributed by atoms with Gasteiger partial charge in [0.05, 0.1) is 43.3 Å². The average molecular weight is 592 g/mol. The van der Waals surface area contributed by atoms with Crippen molar-refractivity contribution >= 4 is 11.3 Å². The molecule has 0 aromatic carbocycles. The Kier molecular flexibility index (Phi) is 6.69. The first-order valence-electron chi connectivity index (χ1n) is 15.6. The molecule has 5 fully saturated rings. The van der Waals surface area contributed by atoms with Crippen molar-refractivity contribution in [3.8, 4) is 28.8 Å². The highest BCUT2D eigenvalue weighted by Gasteiger charge is 2.53. The van der Waals surface area contributed by atoms with E-state index in [0.717, 1.165) is 47.8 Å². The molecule has 0 N–H and O–H groups in total. The highest BCUT2D eigenvalue weighted by atomic mass is 16.5. The number of pyridine rings is 3. The van der Waals surface area contributed by atoms with Crippen LogP contribution in [0.25, 0.3) is 16.6 Å². The number of nitrogens with zero attached hydrogens (tertiary/aromatic N) is 7. The van der Waals surface area contributed by atoms with Crippen LogP contribution in [0.1, 0.15) is 43.2 Å². The number of methoxy groups -OCH3 is 2. The molecule has 2 atom stereocenters. The maximum absolute atomic E-state index is 9.80. The number of fused-ring (bicyclic) bond motifs is 3. The third-order valence-corrected chi connectivity index (χ3v) is 10.4. The van der Waals surface area contributed by atoms with E-state index in [1.54, 1.807) is 17.8 Å². The minimum absolute atomic E-state index is 0.439. The quantitative estimate of drug-likeness (QED) is 0.274. The summed E-state index contributed by atoms with van der Waals surface area (Å²) < 4.78 is 18.8. The van der Waals surface area contributed by atoms with Gasteiger partial charge in [0.1, 0.15) is 17.6 Å². The molecule has 0 amide bonds. The first-order valence-corrected chi connectivity index (χ1v) is 15.6. The van der Waals surface area contributed by atoms with Crippen LogP contribution in [0.5, 0.6) is 11.6 Å². The summed E-state index contributed by atoms with van der Waals surface area (Å²) in [6, 6.07) is 13.6. The van der Waals surface area contributed by atoms with Gasteiger partial charge in [-0.05, 0) is 67.2 Å². The molecule has 3 aliphatic heterocycles. The fraction of sp³-hybridized carbons (Fsp3) is 0.471. The Morgan fingerprint density at radius 1 is 1.00 bits per heavy atom. The van der Waals surface area contributed by atoms with Gasteiger partial charge in [-0.3, -0.25) is 4.90 Å². The van der Waals surface area contributed by atoms with Gasteiger partial charge >= 0.3 is 0 Å². The van der Waals surface area contributed by atoms with Crippen LogP contribution < -0.4 is 14.4 Å². The number of ether oxygens (including phenoxy) is 3. The van der Waals surface area contributed by atoms with E-state index in [4.69, 9.17) is 19.2 Å². The minimum atomic E-state index is 0.439. The molecular weight excluding hydrogens is 554 g/mol. The molecule has 10 heteroatoms. The number of anilines is 1. The van der Waals surface area contributed by atoms with E-state index in [9.17, 15) is 5.26 Å². The van der Waals surface area contributed by atoms with E-state index in [1.807, 2.05) is 37.8 Å². The summed E-state index contributed by atoms with van der Waals surface area (Å²) in [5.41, 5.74) is 4.86. The molecule has 1 spiro atoms. The largest absolute Gasteiger partial charge is 0.492 e. The van der Waals surface area contributed by atoms with E-state index in [-0.39, 0.29) is 0 Å². The molecule has 4 aromatic rings. The molecule has 2 saturated carbocycles. The maximum Gasteiger partial charge on any atom is 0.212 e. The van der Waals surface area contributed by atoms with Gasteiger partial charge in [-0.2, -0.15) is 10.4 Å². The van der Waals surface area contributed by atoms with Crippen molar-refractivity contribution in [2.24, 2.45) is 11.3 Å². The van der Waals surface area contributed by atoms with Gasteiger partial charge < -0.3 is 19.1 Å². The van der Waals surface area contributed by atoms with Gasteiger partial charge in [-0.15, -0.1) is 0 Å². The van der Waals surface area contributed by atoms with Gasteiger partial charge in [-0.25, -0.2) is 14.5 Å². The monoisotopic (exact) mass is 591 g/mol. The maximum atomic E-state index is 9.80. The lowest BCUT2D eigenvalue weighted by atomic mass is 9.51. The predicted octanol–water partition coefficient (Wildman–Crippen LogP) is 4.72. The Labute approximate surface area is 257 Å².